The molecule has 16 nitrogen and oxygen atoms in total. The average molecular weight is 1110 g/mol. The number of aromatic nitrogens is 2. The van der Waals surface area contributed by atoms with Crippen molar-refractivity contribution in [3.8, 4) is 16.9 Å². The molecule has 5 aliphatic rings. The minimum atomic E-state index is -0.609. The van der Waals surface area contributed by atoms with Gasteiger partial charge in [0, 0.05) is 99.2 Å². The van der Waals surface area contributed by atoms with Crippen LogP contribution in [0.3, 0.4) is 0 Å². The SMILES string of the molecule is COc1cc2nc(C)nc(N[C@H](C)c3cc(-c4ccccc4N(C)C(=O)OC(C)(C)C)cs3)c2cc1C1CCC(C(=O)N2CCN(CC3CCC4(CC3)CCN(C(=O)c3ccc(Cl)c(N5CCC(=O)NC5=O)c3)CC4)CC2)CC1. The number of likely N-dealkylation sites (tertiary alicyclic amines) is 1. The fraction of sp³-hybridized carbons (Fsp3) is 0.525. The van der Waals surface area contributed by atoms with Crippen molar-refractivity contribution >= 4 is 80.9 Å². The summed E-state index contributed by atoms with van der Waals surface area (Å²) in [5, 5.41) is 9.49. The van der Waals surface area contributed by atoms with Crippen LogP contribution in [-0.4, -0.2) is 127 Å². The number of thiophene rings is 1. The number of hydrogen-bond donors (Lipinski definition) is 2. The molecule has 6 amide bonds. The molecule has 1 spiro atoms. The number of rotatable bonds is 12. The summed E-state index contributed by atoms with van der Waals surface area (Å²) in [7, 11) is 3.47. The van der Waals surface area contributed by atoms with Crippen molar-refractivity contribution < 1.29 is 33.4 Å². The van der Waals surface area contributed by atoms with E-state index in [1.165, 1.54) is 30.6 Å². The molecule has 18 heteroatoms. The van der Waals surface area contributed by atoms with Crippen molar-refractivity contribution in [3.63, 3.8) is 0 Å². The highest BCUT2D eigenvalue weighted by Crippen LogP contribution is 2.48. The Morgan fingerprint density at radius 2 is 1.61 bits per heavy atom. The number of piperidine rings is 1. The Morgan fingerprint density at radius 3 is 2.30 bits per heavy atom. The standard InChI is InChI=1S/C61H76ClN9O7S/c1-38(53-33-44(37-79-53)45-10-8-9-11-50(45)67(6)59(76)78-60(3,4)5)63-55-47-34-46(52(77-7)35-49(47)64-39(2)65-55)41-12-14-42(15-13-41)56(73)70-30-28-68(29-31-70)36-40-18-21-61(22-19-40)23-26-69(27-24-61)57(74)43-16-17-48(62)51(32-43)71-25-20-54(72)66-58(71)75/h8-11,16-17,32-35,37-38,40-42H,12-15,18-31,36H2,1-7H3,(H,63,64,65)(H,66,72,75)/t38-,41?,42?/m1/s1. The summed E-state index contributed by atoms with van der Waals surface area (Å²) < 4.78 is 11.7. The number of ether oxygens (including phenoxy) is 2. The molecular weight excluding hydrogens is 1040 g/mol. The molecule has 3 aliphatic heterocycles. The van der Waals surface area contributed by atoms with Gasteiger partial charge in [0.1, 0.15) is 23.0 Å². The lowest BCUT2D eigenvalue weighted by atomic mass is 9.65. The van der Waals surface area contributed by atoms with Gasteiger partial charge in [0.05, 0.1) is 35.1 Å². The van der Waals surface area contributed by atoms with Crippen molar-refractivity contribution in [2.45, 2.75) is 123 Å². The summed E-state index contributed by atoms with van der Waals surface area (Å²) in [6.07, 6.45) is 9.97. The van der Waals surface area contributed by atoms with Crippen LogP contribution in [0.25, 0.3) is 22.0 Å². The Kier molecular flexibility index (Phi) is 16.6. The highest BCUT2D eigenvalue weighted by Gasteiger charge is 2.41. The van der Waals surface area contributed by atoms with Crippen molar-refractivity contribution in [1.82, 2.24) is 30.0 Å². The van der Waals surface area contributed by atoms with E-state index < -0.39 is 17.7 Å². The highest BCUT2D eigenvalue weighted by atomic mass is 35.5. The zero-order valence-electron chi connectivity index (χ0n) is 46.9. The molecule has 2 aromatic heterocycles. The Bertz CT molecular complexity index is 3090. The van der Waals surface area contributed by atoms with Crippen molar-refractivity contribution in [1.29, 1.82) is 0 Å². The molecule has 2 N–H and O–H groups in total. The van der Waals surface area contributed by atoms with E-state index in [1.54, 1.807) is 48.6 Å². The normalized spacial score (nSPS) is 20.7. The fourth-order valence-corrected chi connectivity index (χ4v) is 13.9. The van der Waals surface area contributed by atoms with Crippen LogP contribution >= 0.6 is 22.9 Å². The molecule has 0 radical (unpaired) electrons. The predicted octanol–water partition coefficient (Wildman–Crippen LogP) is 11.9. The maximum atomic E-state index is 14.1. The van der Waals surface area contributed by atoms with Gasteiger partial charge in [-0.25, -0.2) is 19.6 Å². The van der Waals surface area contributed by atoms with Crippen molar-refractivity contribution in [2.24, 2.45) is 17.3 Å². The fourth-order valence-electron chi connectivity index (χ4n) is 12.7. The molecule has 2 aliphatic carbocycles. The number of methoxy groups -OCH3 is 1. The van der Waals surface area contributed by atoms with Gasteiger partial charge in [-0.05, 0) is 169 Å². The van der Waals surface area contributed by atoms with Gasteiger partial charge in [-0.3, -0.25) is 34.4 Å². The smallest absolute Gasteiger partial charge is 0.414 e. The van der Waals surface area contributed by atoms with E-state index in [2.05, 4.69) is 44.9 Å². The molecular formula is C61H76ClN9O7S. The van der Waals surface area contributed by atoms with Crippen LogP contribution in [0.2, 0.25) is 5.02 Å². The molecule has 10 rings (SSSR count). The topological polar surface area (TPSA) is 170 Å². The quantitative estimate of drug-likeness (QED) is 0.122. The molecule has 420 valence electrons. The summed E-state index contributed by atoms with van der Waals surface area (Å²) in [5.41, 5.74) is 5.28. The van der Waals surface area contributed by atoms with Crippen LogP contribution in [0.15, 0.2) is 66.0 Å². The second-order valence-corrected chi connectivity index (χ2v) is 25.1. The number of nitrogens with zero attached hydrogens (tertiary/aromatic N) is 7. The minimum absolute atomic E-state index is 0.0226. The van der Waals surface area contributed by atoms with Crippen LogP contribution in [0.4, 0.5) is 26.8 Å². The summed E-state index contributed by atoms with van der Waals surface area (Å²) >= 11 is 8.13. The number of hydrogen-bond acceptors (Lipinski definition) is 12. The van der Waals surface area contributed by atoms with Crippen molar-refractivity contribution in [3.05, 3.63) is 92.9 Å². The van der Waals surface area contributed by atoms with Gasteiger partial charge < -0.3 is 24.6 Å². The van der Waals surface area contributed by atoms with Gasteiger partial charge >= 0.3 is 12.1 Å². The van der Waals surface area contributed by atoms with E-state index in [-0.39, 0.29) is 48.1 Å². The van der Waals surface area contributed by atoms with Gasteiger partial charge in [0.25, 0.3) is 5.91 Å². The second-order valence-electron chi connectivity index (χ2n) is 23.7. The van der Waals surface area contributed by atoms with E-state index in [9.17, 15) is 24.0 Å². The first-order valence-corrected chi connectivity index (χ1v) is 29.6. The lowest BCUT2D eigenvalue weighted by Crippen LogP contribution is -2.52. The first-order valence-electron chi connectivity index (χ1n) is 28.3. The lowest BCUT2D eigenvalue weighted by Gasteiger charge is -2.47. The molecule has 3 saturated heterocycles. The Labute approximate surface area is 473 Å². The number of carbonyl (C=O) groups excluding carboxylic acids is 5. The molecule has 5 heterocycles. The van der Waals surface area contributed by atoms with Gasteiger partial charge in [-0.15, -0.1) is 11.3 Å². The first kappa shape index (κ1) is 56.0. The Morgan fingerprint density at radius 1 is 0.886 bits per heavy atom. The zero-order chi connectivity index (χ0) is 55.8. The van der Waals surface area contributed by atoms with E-state index in [4.69, 9.17) is 31.0 Å². The van der Waals surface area contributed by atoms with Gasteiger partial charge in [-0.2, -0.15) is 0 Å². The summed E-state index contributed by atoms with van der Waals surface area (Å²) in [5.74, 6) is 3.08. The number of benzene rings is 3. The second kappa shape index (κ2) is 23.4. The lowest BCUT2D eigenvalue weighted by molar-refractivity contribution is -0.138. The number of piperazine rings is 1. The largest absolute Gasteiger partial charge is 0.496 e. The van der Waals surface area contributed by atoms with Crippen LogP contribution < -0.4 is 25.2 Å². The molecule has 0 unspecified atom stereocenters. The van der Waals surface area contributed by atoms with Crippen LogP contribution in [0.5, 0.6) is 5.75 Å². The molecule has 5 fully saturated rings. The highest BCUT2D eigenvalue weighted by molar-refractivity contribution is 7.10. The number of nitrogens with one attached hydrogen (secondary N) is 2. The summed E-state index contributed by atoms with van der Waals surface area (Å²) in [6.45, 7) is 15.7. The van der Waals surface area contributed by atoms with E-state index >= 15 is 0 Å². The number of anilines is 3. The monoisotopic (exact) mass is 1110 g/mol. The number of aryl methyl sites for hydroxylation is 1. The molecule has 3 aromatic carbocycles. The van der Waals surface area contributed by atoms with Crippen LogP contribution in [0.1, 0.15) is 137 Å². The molecule has 0 bridgehead atoms. The number of halogens is 1. The number of amides is 6. The summed E-state index contributed by atoms with van der Waals surface area (Å²) in [4.78, 5) is 85.7. The van der Waals surface area contributed by atoms with Crippen LogP contribution in [0, 0.1) is 24.2 Å². The molecule has 5 aromatic rings. The number of imide groups is 1. The average Bonchev–Trinajstić information content (AvgIpc) is 3.96. The Balaban J connectivity index is 0.692. The third-order valence-corrected chi connectivity index (χ3v) is 18.8. The number of urea groups is 1. The molecule has 79 heavy (non-hydrogen) atoms. The first-order chi connectivity index (χ1) is 37.8. The minimum Gasteiger partial charge on any atom is -0.496 e. The summed E-state index contributed by atoms with van der Waals surface area (Å²) in [6, 6.07) is 18.8. The van der Waals surface area contributed by atoms with Crippen molar-refractivity contribution in [2.75, 3.05) is 81.6 Å². The number of para-hydroxylation sites is 1. The van der Waals surface area contributed by atoms with E-state index in [0.29, 0.717) is 47.0 Å². The Hall–Kier alpha value is -6.30. The van der Waals surface area contributed by atoms with Gasteiger partial charge in [-0.1, -0.05) is 29.8 Å². The zero-order valence-corrected chi connectivity index (χ0v) is 48.4. The third kappa shape index (κ3) is 12.5. The van der Waals surface area contributed by atoms with Gasteiger partial charge in [0.15, 0.2) is 0 Å². The molecule has 2 saturated carbocycles. The van der Waals surface area contributed by atoms with E-state index in [1.807, 2.05) is 62.9 Å². The maximum Gasteiger partial charge on any atom is 0.414 e. The predicted molar refractivity (Wildman–Crippen MR) is 311 cm³/mol. The molecule has 1 atom stereocenters. The maximum absolute atomic E-state index is 14.1. The van der Waals surface area contributed by atoms with E-state index in [0.717, 1.165) is 121 Å². The number of carbonyl (C=O) groups is 5. The van der Waals surface area contributed by atoms with Gasteiger partial charge in [0.2, 0.25) is 11.8 Å². The third-order valence-electron chi connectivity index (χ3n) is 17.3. The van der Waals surface area contributed by atoms with Crippen LogP contribution in [-0.2, 0) is 14.3 Å². The number of fused-ring (bicyclic) bond motifs is 1.